The minimum atomic E-state index is -1.31. The Labute approximate surface area is 120 Å². The van der Waals surface area contributed by atoms with Crippen molar-refractivity contribution in [2.45, 2.75) is 42.7 Å². The first-order chi connectivity index (χ1) is 9.41. The maximum absolute atomic E-state index is 12.4. The first-order valence-corrected chi connectivity index (χ1v) is 7.93. The van der Waals surface area contributed by atoms with Crippen molar-refractivity contribution in [3.8, 4) is 0 Å². The summed E-state index contributed by atoms with van der Waals surface area (Å²) in [7, 11) is -1.31. The molecule has 1 saturated heterocycles. The normalized spacial score (nSPS) is 37.0. The van der Waals surface area contributed by atoms with E-state index in [-0.39, 0.29) is 11.9 Å². The minimum Gasteiger partial charge on any atom is -0.386 e. The number of fused-ring (bicyclic) bond motifs is 1. The monoisotopic (exact) mass is 294 g/mol. The SMILES string of the molecule is CC1=C[C@H](O)[C@H]2O[C@H]2[C@]1(O)CS(=O)c1ccc(C)cc1. The van der Waals surface area contributed by atoms with E-state index < -0.39 is 28.6 Å². The predicted octanol–water partition coefficient (Wildman–Crippen LogP) is 0.922. The van der Waals surface area contributed by atoms with Crippen molar-refractivity contribution in [1.82, 2.24) is 0 Å². The van der Waals surface area contributed by atoms with Gasteiger partial charge in [-0.2, -0.15) is 0 Å². The smallest absolute Gasteiger partial charge is 0.126 e. The average Bonchev–Trinajstić information content (AvgIpc) is 3.19. The second-order valence-electron chi connectivity index (χ2n) is 5.59. The number of aryl methyl sites for hydroxylation is 1. The van der Waals surface area contributed by atoms with Crippen LogP contribution in [0, 0.1) is 6.92 Å². The van der Waals surface area contributed by atoms with Gasteiger partial charge >= 0.3 is 0 Å². The summed E-state index contributed by atoms with van der Waals surface area (Å²) in [6.07, 6.45) is 0.115. The Balaban J connectivity index is 1.82. The van der Waals surface area contributed by atoms with E-state index in [1.165, 1.54) is 0 Å². The zero-order valence-electron chi connectivity index (χ0n) is 11.4. The van der Waals surface area contributed by atoms with Gasteiger partial charge < -0.3 is 14.9 Å². The number of aliphatic hydroxyl groups excluding tert-OH is 1. The lowest BCUT2D eigenvalue weighted by Crippen LogP contribution is -2.47. The lowest BCUT2D eigenvalue weighted by atomic mass is 9.84. The van der Waals surface area contributed by atoms with Gasteiger partial charge in [0.1, 0.15) is 23.9 Å². The number of hydrogen-bond acceptors (Lipinski definition) is 4. The van der Waals surface area contributed by atoms with E-state index in [2.05, 4.69) is 0 Å². The summed E-state index contributed by atoms with van der Waals surface area (Å²) in [4.78, 5) is 0.695. The maximum Gasteiger partial charge on any atom is 0.126 e. The Morgan fingerprint density at radius 1 is 1.30 bits per heavy atom. The van der Waals surface area contributed by atoms with E-state index in [0.717, 1.165) is 5.56 Å². The number of benzene rings is 1. The summed E-state index contributed by atoms with van der Waals surface area (Å²) < 4.78 is 17.8. The summed E-state index contributed by atoms with van der Waals surface area (Å²) in [5, 5.41) is 20.5. The summed E-state index contributed by atoms with van der Waals surface area (Å²) >= 11 is 0. The Morgan fingerprint density at radius 3 is 2.60 bits per heavy atom. The second kappa shape index (κ2) is 4.77. The Morgan fingerprint density at radius 2 is 1.95 bits per heavy atom. The van der Waals surface area contributed by atoms with Crippen LogP contribution in [0.5, 0.6) is 0 Å². The van der Waals surface area contributed by atoms with Crippen LogP contribution in [0.3, 0.4) is 0 Å². The Hall–Kier alpha value is -1.01. The van der Waals surface area contributed by atoms with Gasteiger partial charge in [0, 0.05) is 4.90 Å². The Kier molecular flexibility index (Phi) is 3.33. The molecule has 0 aromatic heterocycles. The van der Waals surface area contributed by atoms with Crippen LogP contribution in [-0.4, -0.2) is 44.1 Å². The third kappa shape index (κ3) is 2.24. The first kappa shape index (κ1) is 13.9. The fourth-order valence-electron chi connectivity index (χ4n) is 2.66. The minimum absolute atomic E-state index is 0.0896. The summed E-state index contributed by atoms with van der Waals surface area (Å²) in [5.74, 6) is 0.0896. The molecule has 20 heavy (non-hydrogen) atoms. The molecule has 108 valence electrons. The van der Waals surface area contributed by atoms with Crippen molar-refractivity contribution < 1.29 is 19.2 Å². The Bertz CT molecular complexity index is 580. The molecule has 2 N–H and O–H groups in total. The molecule has 0 spiro atoms. The highest BCUT2D eigenvalue weighted by molar-refractivity contribution is 7.85. The highest BCUT2D eigenvalue weighted by atomic mass is 32.2. The topological polar surface area (TPSA) is 70.1 Å². The zero-order chi connectivity index (χ0) is 14.5. The molecule has 1 fully saturated rings. The van der Waals surface area contributed by atoms with Gasteiger partial charge in [-0.15, -0.1) is 0 Å². The van der Waals surface area contributed by atoms with Gasteiger partial charge in [0.2, 0.25) is 0 Å². The average molecular weight is 294 g/mol. The van der Waals surface area contributed by atoms with Crippen LogP contribution in [0.1, 0.15) is 12.5 Å². The van der Waals surface area contributed by atoms with E-state index in [1.54, 1.807) is 13.0 Å². The van der Waals surface area contributed by atoms with Gasteiger partial charge in [0.15, 0.2) is 0 Å². The fraction of sp³-hybridized carbons (Fsp3) is 0.467. The summed E-state index contributed by atoms with van der Waals surface area (Å²) in [6, 6.07) is 7.44. The van der Waals surface area contributed by atoms with Gasteiger partial charge in [0.05, 0.1) is 16.6 Å². The number of hydrogen-bond donors (Lipinski definition) is 2. The van der Waals surface area contributed by atoms with Gasteiger partial charge in [-0.1, -0.05) is 23.8 Å². The van der Waals surface area contributed by atoms with Gasteiger partial charge in [-0.25, -0.2) is 0 Å². The van der Waals surface area contributed by atoms with Crippen molar-refractivity contribution in [1.29, 1.82) is 0 Å². The maximum atomic E-state index is 12.4. The van der Waals surface area contributed by atoms with Crippen molar-refractivity contribution in [2.24, 2.45) is 0 Å². The molecular formula is C15H18O4S. The zero-order valence-corrected chi connectivity index (χ0v) is 12.3. The molecule has 1 heterocycles. The van der Waals surface area contributed by atoms with Gasteiger partial charge in [-0.05, 0) is 31.6 Å². The van der Waals surface area contributed by atoms with Crippen molar-refractivity contribution in [3.05, 3.63) is 41.5 Å². The van der Waals surface area contributed by atoms with Gasteiger partial charge in [0.25, 0.3) is 0 Å². The number of aliphatic hydroxyl groups is 2. The molecule has 1 unspecified atom stereocenters. The molecule has 0 bridgehead atoms. The lowest BCUT2D eigenvalue weighted by molar-refractivity contribution is 0.0658. The molecule has 1 aromatic rings. The molecule has 1 aliphatic heterocycles. The van der Waals surface area contributed by atoms with Crippen LogP contribution in [0.4, 0.5) is 0 Å². The van der Waals surface area contributed by atoms with Crippen molar-refractivity contribution in [2.75, 3.05) is 5.75 Å². The third-order valence-electron chi connectivity index (χ3n) is 4.07. The fourth-order valence-corrected chi connectivity index (χ4v) is 4.05. The molecule has 0 saturated carbocycles. The summed E-state index contributed by atoms with van der Waals surface area (Å²) in [5.41, 5.74) is 0.482. The molecule has 5 heteroatoms. The van der Waals surface area contributed by atoms with Crippen LogP contribution in [0.25, 0.3) is 0 Å². The highest BCUT2D eigenvalue weighted by Gasteiger charge is 2.60. The molecule has 0 amide bonds. The quantitative estimate of drug-likeness (QED) is 0.642. The van der Waals surface area contributed by atoms with E-state index in [0.29, 0.717) is 10.5 Å². The third-order valence-corrected chi connectivity index (χ3v) is 5.57. The number of ether oxygens (including phenoxy) is 1. The van der Waals surface area contributed by atoms with E-state index in [4.69, 9.17) is 4.74 Å². The van der Waals surface area contributed by atoms with Crippen LogP contribution >= 0.6 is 0 Å². The molecular weight excluding hydrogens is 276 g/mol. The second-order valence-corrected chi connectivity index (χ2v) is 7.04. The van der Waals surface area contributed by atoms with Crippen LogP contribution in [0.15, 0.2) is 40.8 Å². The van der Waals surface area contributed by atoms with Gasteiger partial charge in [-0.3, -0.25) is 4.21 Å². The van der Waals surface area contributed by atoms with E-state index in [9.17, 15) is 14.4 Å². The van der Waals surface area contributed by atoms with Crippen molar-refractivity contribution in [3.63, 3.8) is 0 Å². The molecule has 5 atom stereocenters. The molecule has 1 aromatic carbocycles. The number of epoxide rings is 1. The van der Waals surface area contributed by atoms with E-state index >= 15 is 0 Å². The molecule has 4 nitrogen and oxygen atoms in total. The largest absolute Gasteiger partial charge is 0.386 e. The lowest BCUT2D eigenvalue weighted by Gasteiger charge is -2.30. The highest BCUT2D eigenvalue weighted by Crippen LogP contribution is 2.44. The van der Waals surface area contributed by atoms with Crippen LogP contribution in [-0.2, 0) is 15.5 Å². The van der Waals surface area contributed by atoms with Crippen LogP contribution < -0.4 is 0 Å². The van der Waals surface area contributed by atoms with Crippen LogP contribution in [0.2, 0.25) is 0 Å². The molecule has 2 aliphatic rings. The molecule has 0 radical (unpaired) electrons. The first-order valence-electron chi connectivity index (χ1n) is 6.61. The molecule has 1 aliphatic carbocycles. The van der Waals surface area contributed by atoms with Crippen molar-refractivity contribution >= 4 is 10.8 Å². The summed E-state index contributed by atoms with van der Waals surface area (Å²) in [6.45, 7) is 3.71. The van der Waals surface area contributed by atoms with E-state index in [1.807, 2.05) is 31.2 Å². The predicted molar refractivity (Wildman–Crippen MR) is 75.8 cm³/mol. The standard InChI is InChI=1S/C15H18O4S/c1-9-3-5-11(6-4-9)20(18)8-15(17)10(2)7-12(16)13-14(15)19-13/h3-7,12-14,16-17H,8H2,1-2H3/t12-,13+,14+,15-,20?/m0/s1. The molecule has 3 rings (SSSR count). The number of rotatable bonds is 3.